The second kappa shape index (κ2) is 14.4. The van der Waals surface area contributed by atoms with E-state index >= 15 is 0 Å². The number of benzene rings is 5. The van der Waals surface area contributed by atoms with Gasteiger partial charge in [-0.15, -0.1) is 6.58 Å². The van der Waals surface area contributed by atoms with Gasteiger partial charge < -0.3 is 9.13 Å². The standard InChI is InChI=1S/C43H27N5.C3H6.C2H6/c1-2-12-30(13-3-1)47-40-18-6-4-14-32(40)34-22-29-25-43-35(23-28(29)24-42(34)47)33-15-5-7-19-41(33)48(43)31-26-38(36-16-8-10-20-44-36)46-39(27-31)37-17-9-11-21-45-37;1-3-2;1-2/h1-27H;3H,1H2,2H3;1-2H3. The van der Waals surface area contributed by atoms with Crippen LogP contribution in [0.5, 0.6) is 0 Å². The van der Waals surface area contributed by atoms with Crippen molar-refractivity contribution in [2.24, 2.45) is 0 Å². The van der Waals surface area contributed by atoms with Gasteiger partial charge in [0.1, 0.15) is 0 Å². The molecule has 0 radical (unpaired) electrons. The first-order valence-corrected chi connectivity index (χ1v) is 18.1. The van der Waals surface area contributed by atoms with Crippen LogP contribution in [0.15, 0.2) is 177 Å². The van der Waals surface area contributed by atoms with Gasteiger partial charge >= 0.3 is 0 Å². The number of fused-ring (bicyclic) bond motifs is 7. The number of pyridine rings is 3. The molecular weight excluding hydrogens is 647 g/mol. The molecule has 5 heteroatoms. The fourth-order valence-electron chi connectivity index (χ4n) is 7.25. The lowest BCUT2D eigenvalue weighted by atomic mass is 10.0. The molecule has 0 bridgehead atoms. The van der Waals surface area contributed by atoms with E-state index in [-0.39, 0.29) is 0 Å². The summed E-state index contributed by atoms with van der Waals surface area (Å²) in [5.41, 5.74) is 10.1. The van der Waals surface area contributed by atoms with Crippen LogP contribution < -0.4 is 0 Å². The molecule has 10 aromatic rings. The van der Waals surface area contributed by atoms with Crippen molar-refractivity contribution in [3.05, 3.63) is 177 Å². The van der Waals surface area contributed by atoms with E-state index in [1.165, 1.54) is 43.4 Å². The molecule has 0 spiro atoms. The predicted molar refractivity (Wildman–Crippen MR) is 224 cm³/mol. The Labute approximate surface area is 309 Å². The molecule has 0 amide bonds. The Morgan fingerprint density at radius 2 is 0.868 bits per heavy atom. The minimum Gasteiger partial charge on any atom is -0.309 e. The summed E-state index contributed by atoms with van der Waals surface area (Å²) in [5.74, 6) is 0. The first kappa shape index (κ1) is 33.3. The minimum absolute atomic E-state index is 0.802. The van der Waals surface area contributed by atoms with Gasteiger partial charge in [-0.3, -0.25) is 9.97 Å². The first-order chi connectivity index (χ1) is 26.2. The summed E-state index contributed by atoms with van der Waals surface area (Å²) in [6.45, 7) is 9.25. The number of nitrogens with zero attached hydrogens (tertiary/aromatic N) is 5. The molecule has 10 rings (SSSR count). The normalized spacial score (nSPS) is 11.0. The van der Waals surface area contributed by atoms with Crippen molar-refractivity contribution in [2.75, 3.05) is 0 Å². The zero-order valence-corrected chi connectivity index (χ0v) is 30.1. The summed E-state index contributed by atoms with van der Waals surface area (Å²) in [6, 6.07) is 53.6. The van der Waals surface area contributed by atoms with E-state index in [0.29, 0.717) is 0 Å². The molecule has 5 aromatic heterocycles. The highest BCUT2D eigenvalue weighted by atomic mass is 15.0. The Balaban J connectivity index is 0.000000764. The third kappa shape index (κ3) is 5.92. The van der Waals surface area contributed by atoms with Crippen molar-refractivity contribution >= 4 is 54.4 Å². The average molecular weight is 686 g/mol. The van der Waals surface area contributed by atoms with Crippen LogP contribution in [0.4, 0.5) is 0 Å². The second-order valence-corrected chi connectivity index (χ2v) is 12.6. The van der Waals surface area contributed by atoms with E-state index in [1.807, 2.05) is 69.6 Å². The Bertz CT molecular complexity index is 2810. The van der Waals surface area contributed by atoms with Crippen LogP contribution in [-0.2, 0) is 0 Å². The SMILES string of the molecule is C=CC.CC.c1ccc(-n2c3ccccc3c3cc4cc5c(cc4cc32)c2ccccc2n5-c2cc(-c3ccccn3)nc(-c3ccccn3)c2)cc1. The number of hydrogen-bond donors (Lipinski definition) is 0. The van der Waals surface area contributed by atoms with E-state index in [9.17, 15) is 0 Å². The van der Waals surface area contributed by atoms with Gasteiger partial charge in [0.05, 0.1) is 50.5 Å². The molecule has 0 aliphatic heterocycles. The molecule has 0 atom stereocenters. The van der Waals surface area contributed by atoms with Crippen molar-refractivity contribution in [3.8, 4) is 34.2 Å². The Morgan fingerprint density at radius 3 is 1.34 bits per heavy atom. The molecular formula is C48H39N5. The average Bonchev–Trinajstić information content (AvgIpc) is 3.72. The fourth-order valence-corrected chi connectivity index (χ4v) is 7.25. The van der Waals surface area contributed by atoms with Crippen molar-refractivity contribution in [2.45, 2.75) is 20.8 Å². The van der Waals surface area contributed by atoms with Crippen LogP contribution in [0.25, 0.3) is 88.5 Å². The van der Waals surface area contributed by atoms with Crippen LogP contribution in [0.3, 0.4) is 0 Å². The summed E-state index contributed by atoms with van der Waals surface area (Å²) in [5, 5.41) is 7.29. The van der Waals surface area contributed by atoms with Gasteiger partial charge in [-0.25, -0.2) is 4.98 Å². The quantitative estimate of drug-likeness (QED) is 0.173. The zero-order chi connectivity index (χ0) is 36.3. The highest BCUT2D eigenvalue weighted by Gasteiger charge is 2.18. The monoisotopic (exact) mass is 685 g/mol. The van der Waals surface area contributed by atoms with Gasteiger partial charge in [-0.05, 0) is 103 Å². The molecule has 5 nitrogen and oxygen atoms in total. The highest BCUT2D eigenvalue weighted by Crippen LogP contribution is 2.40. The van der Waals surface area contributed by atoms with Gasteiger partial charge in [0.25, 0.3) is 0 Å². The van der Waals surface area contributed by atoms with Crippen molar-refractivity contribution < 1.29 is 0 Å². The van der Waals surface area contributed by atoms with Gasteiger partial charge in [0.15, 0.2) is 0 Å². The molecule has 0 saturated heterocycles. The van der Waals surface area contributed by atoms with Crippen LogP contribution in [0.1, 0.15) is 20.8 Å². The summed E-state index contributed by atoms with van der Waals surface area (Å²) in [6.07, 6.45) is 5.37. The van der Waals surface area contributed by atoms with Gasteiger partial charge in [0, 0.05) is 39.6 Å². The molecule has 0 saturated carbocycles. The van der Waals surface area contributed by atoms with E-state index < -0.39 is 0 Å². The number of aromatic nitrogens is 5. The molecule has 5 heterocycles. The Kier molecular flexibility index (Phi) is 9.05. The van der Waals surface area contributed by atoms with Crippen LogP contribution >= 0.6 is 0 Å². The molecule has 256 valence electrons. The fraction of sp³-hybridized carbons (Fsp3) is 0.0625. The third-order valence-electron chi connectivity index (χ3n) is 9.36. The Hall–Kier alpha value is -6.85. The maximum absolute atomic E-state index is 5.04. The summed E-state index contributed by atoms with van der Waals surface area (Å²) >= 11 is 0. The van der Waals surface area contributed by atoms with E-state index in [1.54, 1.807) is 6.08 Å². The maximum atomic E-state index is 5.04. The summed E-state index contributed by atoms with van der Waals surface area (Å²) in [7, 11) is 0. The number of hydrogen-bond acceptors (Lipinski definition) is 3. The lowest BCUT2D eigenvalue weighted by Gasteiger charge is -2.13. The largest absolute Gasteiger partial charge is 0.309 e. The van der Waals surface area contributed by atoms with Crippen molar-refractivity contribution in [1.29, 1.82) is 0 Å². The van der Waals surface area contributed by atoms with Gasteiger partial charge in [0.2, 0.25) is 0 Å². The number of allylic oxidation sites excluding steroid dienone is 1. The van der Waals surface area contributed by atoms with E-state index in [2.05, 4.69) is 141 Å². The molecule has 0 N–H and O–H groups in total. The molecule has 0 aliphatic carbocycles. The lowest BCUT2D eigenvalue weighted by Crippen LogP contribution is -1.99. The van der Waals surface area contributed by atoms with Crippen molar-refractivity contribution in [3.63, 3.8) is 0 Å². The molecule has 0 unspecified atom stereocenters. The zero-order valence-electron chi connectivity index (χ0n) is 30.1. The number of para-hydroxylation sites is 3. The van der Waals surface area contributed by atoms with Gasteiger partial charge in [-0.2, -0.15) is 0 Å². The van der Waals surface area contributed by atoms with E-state index in [0.717, 1.165) is 45.2 Å². The predicted octanol–water partition coefficient (Wildman–Crippen LogP) is 12.8. The maximum Gasteiger partial charge on any atom is 0.0915 e. The topological polar surface area (TPSA) is 48.5 Å². The summed E-state index contributed by atoms with van der Waals surface area (Å²) in [4.78, 5) is 14.4. The minimum atomic E-state index is 0.802. The van der Waals surface area contributed by atoms with Crippen LogP contribution in [0.2, 0.25) is 0 Å². The third-order valence-corrected chi connectivity index (χ3v) is 9.36. The van der Waals surface area contributed by atoms with Gasteiger partial charge in [-0.1, -0.05) is 86.7 Å². The Morgan fingerprint density at radius 1 is 0.434 bits per heavy atom. The van der Waals surface area contributed by atoms with E-state index in [4.69, 9.17) is 4.98 Å². The van der Waals surface area contributed by atoms with Crippen LogP contribution in [-0.4, -0.2) is 24.1 Å². The van der Waals surface area contributed by atoms with Crippen molar-refractivity contribution in [1.82, 2.24) is 24.1 Å². The molecule has 53 heavy (non-hydrogen) atoms. The molecule has 0 aliphatic rings. The highest BCUT2D eigenvalue weighted by molar-refractivity contribution is 6.18. The smallest absolute Gasteiger partial charge is 0.0915 e. The second-order valence-electron chi connectivity index (χ2n) is 12.6. The number of rotatable bonds is 4. The first-order valence-electron chi connectivity index (χ1n) is 18.1. The molecule has 0 fully saturated rings. The summed E-state index contributed by atoms with van der Waals surface area (Å²) < 4.78 is 4.74. The van der Waals surface area contributed by atoms with Crippen LogP contribution in [0, 0.1) is 0 Å². The lowest BCUT2D eigenvalue weighted by molar-refractivity contribution is 1.14. The molecule has 5 aromatic carbocycles.